The maximum atomic E-state index is 12.9. The van der Waals surface area contributed by atoms with E-state index in [2.05, 4.69) is 9.80 Å². The quantitative estimate of drug-likeness (QED) is 0.180. The normalized spacial score (nSPS) is 15.6. The van der Waals surface area contributed by atoms with Crippen LogP contribution in [-0.2, 0) is 6.54 Å². The summed E-state index contributed by atoms with van der Waals surface area (Å²) < 4.78 is 21.5. The smallest absolute Gasteiger partial charge is 0.231 e. The Morgan fingerprint density at radius 3 is 1.78 bits per heavy atom. The van der Waals surface area contributed by atoms with Crippen LogP contribution in [0, 0.1) is 0 Å². The van der Waals surface area contributed by atoms with Crippen LogP contribution in [0.25, 0.3) is 12.2 Å². The number of ether oxygens (including phenoxy) is 4. The number of carbonyl (C=O) groups excluding carboxylic acids is 2. The lowest BCUT2D eigenvalue weighted by Crippen LogP contribution is -2.46. The molecule has 0 aromatic heterocycles. The van der Waals surface area contributed by atoms with Crippen LogP contribution >= 0.6 is 0 Å². The molecule has 46 heavy (non-hydrogen) atoms. The molecule has 4 aromatic carbocycles. The Balaban J connectivity index is 0.921. The maximum absolute atomic E-state index is 12.9. The number of aromatic hydroxyl groups is 1. The number of anilines is 1. The minimum absolute atomic E-state index is 0.0713. The first kappa shape index (κ1) is 29.2. The number of fused-ring (bicyclic) bond motifs is 2. The van der Waals surface area contributed by atoms with Crippen molar-refractivity contribution in [2.24, 2.45) is 0 Å². The fraction of sp³-hybridized carbons (Fsp3) is 0.189. The molecule has 1 N–H and O–H groups in total. The second kappa shape index (κ2) is 12.8. The number of benzene rings is 4. The van der Waals surface area contributed by atoms with Crippen molar-refractivity contribution in [2.75, 3.05) is 44.7 Å². The summed E-state index contributed by atoms with van der Waals surface area (Å²) in [4.78, 5) is 30.3. The molecule has 3 aliphatic heterocycles. The molecular weight excluding hydrogens is 584 g/mol. The number of hydrogen-bond donors (Lipinski definition) is 1. The molecule has 0 radical (unpaired) electrons. The first-order chi connectivity index (χ1) is 22.5. The van der Waals surface area contributed by atoms with Crippen LogP contribution in [0.1, 0.15) is 37.4 Å². The predicted octanol–water partition coefficient (Wildman–Crippen LogP) is 5.96. The van der Waals surface area contributed by atoms with Crippen LogP contribution in [0.4, 0.5) is 5.69 Å². The van der Waals surface area contributed by atoms with Crippen molar-refractivity contribution in [1.29, 1.82) is 0 Å². The Kier molecular flexibility index (Phi) is 8.14. The second-order valence-corrected chi connectivity index (χ2v) is 11.3. The van der Waals surface area contributed by atoms with Gasteiger partial charge in [0.1, 0.15) is 5.75 Å². The van der Waals surface area contributed by atoms with Gasteiger partial charge in [-0.2, -0.15) is 0 Å². The Bertz CT molecular complexity index is 1840. The number of ketones is 2. The molecule has 0 aliphatic carbocycles. The van der Waals surface area contributed by atoms with Gasteiger partial charge in [0, 0.05) is 55.1 Å². The summed E-state index contributed by atoms with van der Waals surface area (Å²) in [5.41, 5.74) is 4.62. The van der Waals surface area contributed by atoms with E-state index in [0.29, 0.717) is 46.2 Å². The van der Waals surface area contributed by atoms with Crippen LogP contribution < -0.4 is 23.8 Å². The molecule has 0 spiro atoms. The number of phenols is 1. The third-order valence-corrected chi connectivity index (χ3v) is 8.29. The van der Waals surface area contributed by atoms with Crippen LogP contribution in [0.3, 0.4) is 0 Å². The Morgan fingerprint density at radius 1 is 0.630 bits per heavy atom. The highest BCUT2D eigenvalue weighted by atomic mass is 16.7. The van der Waals surface area contributed by atoms with Gasteiger partial charge < -0.3 is 29.0 Å². The molecule has 4 aromatic rings. The predicted molar refractivity (Wildman–Crippen MR) is 174 cm³/mol. The lowest BCUT2D eigenvalue weighted by Gasteiger charge is -2.36. The molecule has 0 saturated carbocycles. The molecule has 1 fully saturated rings. The van der Waals surface area contributed by atoms with E-state index in [4.69, 9.17) is 18.9 Å². The van der Waals surface area contributed by atoms with E-state index in [9.17, 15) is 14.7 Å². The molecule has 7 rings (SSSR count). The van der Waals surface area contributed by atoms with Gasteiger partial charge in [0.25, 0.3) is 0 Å². The van der Waals surface area contributed by atoms with E-state index < -0.39 is 0 Å². The van der Waals surface area contributed by atoms with Crippen molar-refractivity contribution in [3.63, 3.8) is 0 Å². The van der Waals surface area contributed by atoms with Crippen molar-refractivity contribution in [1.82, 2.24) is 4.90 Å². The fourth-order valence-corrected chi connectivity index (χ4v) is 5.68. The average Bonchev–Trinajstić information content (AvgIpc) is 3.77. The summed E-state index contributed by atoms with van der Waals surface area (Å²) in [6.45, 7) is 4.14. The third-order valence-electron chi connectivity index (χ3n) is 8.29. The highest BCUT2D eigenvalue weighted by Gasteiger charge is 2.20. The lowest BCUT2D eigenvalue weighted by molar-refractivity contribution is 0.103. The largest absolute Gasteiger partial charge is 0.508 e. The Morgan fingerprint density at radius 2 is 1.17 bits per heavy atom. The molecule has 3 aliphatic rings. The van der Waals surface area contributed by atoms with E-state index >= 15 is 0 Å². The van der Waals surface area contributed by atoms with Gasteiger partial charge >= 0.3 is 0 Å². The minimum atomic E-state index is -0.144. The lowest BCUT2D eigenvalue weighted by atomic mass is 10.0. The molecule has 232 valence electrons. The summed E-state index contributed by atoms with van der Waals surface area (Å²) in [6, 6.07) is 23.8. The highest BCUT2D eigenvalue weighted by Crippen LogP contribution is 2.34. The van der Waals surface area contributed by atoms with Gasteiger partial charge in [0.05, 0.1) is 0 Å². The van der Waals surface area contributed by atoms with E-state index in [1.807, 2.05) is 60.7 Å². The van der Waals surface area contributed by atoms with Crippen molar-refractivity contribution in [3.05, 3.63) is 119 Å². The van der Waals surface area contributed by atoms with Crippen LogP contribution in [0.2, 0.25) is 0 Å². The zero-order chi connectivity index (χ0) is 31.5. The molecule has 1 saturated heterocycles. The number of piperazine rings is 1. The van der Waals surface area contributed by atoms with Gasteiger partial charge in [0.2, 0.25) is 13.6 Å². The van der Waals surface area contributed by atoms with E-state index in [-0.39, 0.29) is 30.9 Å². The van der Waals surface area contributed by atoms with Crippen molar-refractivity contribution < 1.29 is 33.6 Å². The van der Waals surface area contributed by atoms with Crippen LogP contribution in [0.15, 0.2) is 91.0 Å². The molecule has 0 bridgehead atoms. The van der Waals surface area contributed by atoms with Crippen LogP contribution in [0.5, 0.6) is 28.7 Å². The monoisotopic (exact) mass is 616 g/mol. The number of allylic oxidation sites excluding steroid dienone is 2. The molecule has 0 amide bonds. The SMILES string of the molecule is O=C(/C=C/c1ccc2c(c1)OCO2)c1ccc(N2CCN(Cc3cc(C(=O)/C=C/c4ccc5c(c4)OCO5)ccc3O)CC2)cc1. The van der Waals surface area contributed by atoms with Gasteiger partial charge in [-0.25, -0.2) is 0 Å². The van der Waals surface area contributed by atoms with Gasteiger partial charge in [-0.15, -0.1) is 0 Å². The summed E-state index contributed by atoms with van der Waals surface area (Å²) in [5.74, 6) is 2.71. The summed E-state index contributed by atoms with van der Waals surface area (Å²) in [5, 5.41) is 10.6. The number of hydrogen-bond acceptors (Lipinski definition) is 9. The fourth-order valence-electron chi connectivity index (χ4n) is 5.68. The molecule has 9 heteroatoms. The standard InChI is InChI=1S/C37H32N2O7/c40-31(10-1-25-3-13-34-36(19-25)45-23-43-34)27-5-8-30(9-6-27)39-17-15-38(16-18-39)22-29-21-28(7-12-33(29)42)32(41)11-2-26-4-14-35-37(20-26)46-24-44-35/h1-14,19-21,42H,15-18,22-24H2/b10-1+,11-2+. The first-order valence-electron chi connectivity index (χ1n) is 15.1. The maximum Gasteiger partial charge on any atom is 0.231 e. The van der Waals surface area contributed by atoms with E-state index in [1.54, 1.807) is 36.4 Å². The number of carbonyl (C=O) groups is 2. The Labute approximate surface area is 266 Å². The number of rotatable bonds is 9. The number of phenolic OH excluding ortho intramolecular Hbond substituents is 1. The zero-order valence-electron chi connectivity index (χ0n) is 25.1. The summed E-state index contributed by atoms with van der Waals surface area (Å²) >= 11 is 0. The van der Waals surface area contributed by atoms with E-state index in [0.717, 1.165) is 43.0 Å². The third kappa shape index (κ3) is 6.45. The minimum Gasteiger partial charge on any atom is -0.508 e. The van der Waals surface area contributed by atoms with Gasteiger partial charge in [-0.3, -0.25) is 14.5 Å². The van der Waals surface area contributed by atoms with Crippen molar-refractivity contribution in [3.8, 4) is 28.7 Å². The average molecular weight is 617 g/mol. The second-order valence-electron chi connectivity index (χ2n) is 11.3. The van der Waals surface area contributed by atoms with Crippen LogP contribution in [-0.4, -0.2) is 61.3 Å². The highest BCUT2D eigenvalue weighted by molar-refractivity contribution is 6.07. The van der Waals surface area contributed by atoms with Gasteiger partial charge in [-0.05, 0) is 90.0 Å². The molecular formula is C37H32N2O7. The first-order valence-corrected chi connectivity index (χ1v) is 15.1. The zero-order valence-corrected chi connectivity index (χ0v) is 25.1. The van der Waals surface area contributed by atoms with E-state index in [1.165, 1.54) is 6.08 Å². The molecule has 3 heterocycles. The molecule has 0 unspecified atom stereocenters. The summed E-state index contributed by atoms with van der Waals surface area (Å²) in [6.07, 6.45) is 6.62. The van der Waals surface area contributed by atoms with Crippen molar-refractivity contribution in [2.45, 2.75) is 6.54 Å². The number of nitrogens with zero attached hydrogens (tertiary/aromatic N) is 2. The van der Waals surface area contributed by atoms with Gasteiger partial charge in [-0.1, -0.05) is 24.3 Å². The van der Waals surface area contributed by atoms with Gasteiger partial charge in [0.15, 0.2) is 34.6 Å². The Hall–Kier alpha value is -5.54. The summed E-state index contributed by atoms with van der Waals surface area (Å²) in [7, 11) is 0. The topological polar surface area (TPSA) is 97.8 Å². The van der Waals surface area contributed by atoms with Crippen molar-refractivity contribution >= 4 is 29.4 Å². The molecule has 0 atom stereocenters. The molecule has 9 nitrogen and oxygen atoms in total.